The van der Waals surface area contributed by atoms with Crippen molar-refractivity contribution in [3.05, 3.63) is 35.4 Å². The Morgan fingerprint density at radius 2 is 2.15 bits per heavy atom. The van der Waals surface area contributed by atoms with Gasteiger partial charge in [0.05, 0.1) is 12.3 Å². The molecule has 0 aliphatic carbocycles. The molecule has 1 amide bonds. The summed E-state index contributed by atoms with van der Waals surface area (Å²) in [4.78, 5) is 31.0. The number of fused-ring (bicyclic) bond motifs is 3. The molecule has 0 saturated carbocycles. The van der Waals surface area contributed by atoms with Crippen molar-refractivity contribution in [2.24, 2.45) is 11.1 Å². The predicted molar refractivity (Wildman–Crippen MR) is 73.2 cm³/mol. The number of rotatable bonds is 2. The highest BCUT2D eigenvalue weighted by Gasteiger charge is 2.42. The van der Waals surface area contributed by atoms with Gasteiger partial charge in [0.25, 0.3) is 0 Å². The van der Waals surface area contributed by atoms with Crippen LogP contribution in [0.1, 0.15) is 23.6 Å². The first-order valence-corrected chi connectivity index (χ1v) is 6.70. The first-order valence-electron chi connectivity index (χ1n) is 6.70. The Bertz CT molecular complexity index is 582. The fourth-order valence-electron chi connectivity index (χ4n) is 3.04. The number of oxime groups is 1. The van der Waals surface area contributed by atoms with Crippen LogP contribution < -0.4 is 0 Å². The van der Waals surface area contributed by atoms with Gasteiger partial charge in [0.15, 0.2) is 5.78 Å². The molecule has 5 nitrogen and oxygen atoms in total. The van der Waals surface area contributed by atoms with Crippen LogP contribution in [0, 0.1) is 5.92 Å². The number of carbonyl (C=O) groups is 2. The van der Waals surface area contributed by atoms with Crippen molar-refractivity contribution in [3.63, 3.8) is 0 Å². The molecule has 3 rings (SSSR count). The number of hydrogen-bond acceptors (Lipinski definition) is 4. The van der Waals surface area contributed by atoms with Crippen LogP contribution >= 0.6 is 0 Å². The van der Waals surface area contributed by atoms with E-state index < -0.39 is 5.92 Å². The molecule has 0 spiro atoms. The largest absolute Gasteiger partial charge is 0.399 e. The first-order chi connectivity index (χ1) is 9.72. The maximum Gasteiger partial charge on any atom is 0.239 e. The van der Waals surface area contributed by atoms with Crippen molar-refractivity contribution in [2.75, 3.05) is 13.7 Å². The van der Waals surface area contributed by atoms with Crippen LogP contribution in [0.5, 0.6) is 0 Å². The Morgan fingerprint density at radius 3 is 2.95 bits per heavy atom. The molecule has 2 aliphatic heterocycles. The predicted octanol–water partition coefficient (Wildman–Crippen LogP) is 1.33. The van der Waals surface area contributed by atoms with Crippen LogP contribution in [0.4, 0.5) is 0 Å². The van der Waals surface area contributed by atoms with Crippen molar-refractivity contribution in [2.45, 2.75) is 18.9 Å². The fourth-order valence-corrected chi connectivity index (χ4v) is 3.04. The lowest BCUT2D eigenvalue weighted by Gasteiger charge is -2.41. The number of amides is 1. The standard InChI is InChI=1S/C15H16N2O3/c1-20-16-9-12-14(18)8-13-11-5-3-2-4-10(11)6-7-17(13)15(12)19/h2-5,9,12-13H,6-8H2,1H3/b16-9-/t12-,13+/m1/s1. The average Bonchev–Trinajstić information content (AvgIpc) is 2.47. The lowest BCUT2D eigenvalue weighted by Crippen LogP contribution is -2.50. The number of ketones is 1. The highest BCUT2D eigenvalue weighted by atomic mass is 16.6. The van der Waals surface area contributed by atoms with Crippen molar-refractivity contribution >= 4 is 17.9 Å². The van der Waals surface area contributed by atoms with E-state index in [0.29, 0.717) is 13.0 Å². The van der Waals surface area contributed by atoms with E-state index in [-0.39, 0.29) is 17.7 Å². The third-order valence-corrected chi connectivity index (χ3v) is 4.02. The van der Waals surface area contributed by atoms with Crippen molar-refractivity contribution in [3.8, 4) is 0 Å². The first kappa shape index (κ1) is 12.8. The van der Waals surface area contributed by atoms with Crippen LogP contribution in [0.3, 0.4) is 0 Å². The van der Waals surface area contributed by atoms with Gasteiger partial charge in [0.2, 0.25) is 5.91 Å². The number of nitrogens with zero attached hydrogens (tertiary/aromatic N) is 2. The van der Waals surface area contributed by atoms with Gasteiger partial charge < -0.3 is 9.74 Å². The van der Waals surface area contributed by atoms with Crippen molar-refractivity contribution in [1.82, 2.24) is 4.90 Å². The number of carbonyl (C=O) groups excluding carboxylic acids is 2. The van der Waals surface area contributed by atoms with Gasteiger partial charge in [0, 0.05) is 13.0 Å². The molecule has 0 aromatic heterocycles. The van der Waals surface area contributed by atoms with E-state index in [0.717, 1.165) is 12.0 Å². The van der Waals surface area contributed by atoms with Gasteiger partial charge in [-0.1, -0.05) is 29.4 Å². The maximum absolute atomic E-state index is 12.4. The zero-order valence-electron chi connectivity index (χ0n) is 11.3. The summed E-state index contributed by atoms with van der Waals surface area (Å²) >= 11 is 0. The van der Waals surface area contributed by atoms with Crippen LogP contribution in [0.25, 0.3) is 0 Å². The Balaban J connectivity index is 1.93. The summed E-state index contributed by atoms with van der Waals surface area (Å²) < 4.78 is 0. The quantitative estimate of drug-likeness (QED) is 0.463. The molecule has 2 heterocycles. The molecule has 5 heteroatoms. The average molecular weight is 272 g/mol. The minimum atomic E-state index is -0.795. The topological polar surface area (TPSA) is 59.0 Å². The van der Waals surface area contributed by atoms with E-state index in [1.54, 1.807) is 4.90 Å². The minimum Gasteiger partial charge on any atom is -0.399 e. The third-order valence-electron chi connectivity index (χ3n) is 4.02. The van der Waals surface area contributed by atoms with Crippen LogP contribution in [-0.2, 0) is 20.8 Å². The number of Topliss-reactive ketones (excluding diaryl/α,β-unsaturated/α-hetero) is 1. The number of hydrogen-bond donors (Lipinski definition) is 0. The lowest BCUT2D eigenvalue weighted by molar-refractivity contribution is -0.146. The zero-order valence-corrected chi connectivity index (χ0v) is 11.3. The normalized spacial score (nSPS) is 25.6. The molecule has 1 fully saturated rings. The van der Waals surface area contributed by atoms with E-state index in [1.165, 1.54) is 18.9 Å². The Kier molecular flexibility index (Phi) is 3.26. The molecule has 2 aliphatic rings. The molecule has 1 aromatic rings. The Labute approximate surface area is 117 Å². The smallest absolute Gasteiger partial charge is 0.239 e. The molecule has 0 N–H and O–H groups in total. The third kappa shape index (κ3) is 1.99. The van der Waals surface area contributed by atoms with E-state index >= 15 is 0 Å². The molecule has 20 heavy (non-hydrogen) atoms. The van der Waals surface area contributed by atoms with E-state index in [4.69, 9.17) is 0 Å². The Hall–Kier alpha value is -2.17. The second-order valence-electron chi connectivity index (χ2n) is 5.08. The summed E-state index contributed by atoms with van der Waals surface area (Å²) in [6.07, 6.45) is 2.49. The van der Waals surface area contributed by atoms with Gasteiger partial charge in [-0.2, -0.15) is 0 Å². The van der Waals surface area contributed by atoms with Gasteiger partial charge >= 0.3 is 0 Å². The summed E-state index contributed by atoms with van der Waals surface area (Å²) in [6.45, 7) is 0.658. The van der Waals surface area contributed by atoms with Crippen molar-refractivity contribution in [1.29, 1.82) is 0 Å². The zero-order chi connectivity index (χ0) is 14.1. The van der Waals surface area contributed by atoms with Gasteiger partial charge in [-0.15, -0.1) is 0 Å². The summed E-state index contributed by atoms with van der Waals surface area (Å²) in [6, 6.07) is 7.91. The molecular weight excluding hydrogens is 256 g/mol. The molecule has 0 bridgehead atoms. The molecule has 0 unspecified atom stereocenters. The van der Waals surface area contributed by atoms with Crippen LogP contribution in [0.2, 0.25) is 0 Å². The minimum absolute atomic E-state index is 0.0891. The highest BCUT2D eigenvalue weighted by Crippen LogP contribution is 2.37. The van der Waals surface area contributed by atoms with E-state index in [2.05, 4.69) is 16.1 Å². The Morgan fingerprint density at radius 1 is 1.35 bits per heavy atom. The number of piperidine rings is 1. The monoisotopic (exact) mass is 272 g/mol. The summed E-state index contributed by atoms with van der Waals surface area (Å²) in [5.41, 5.74) is 2.33. The molecule has 104 valence electrons. The van der Waals surface area contributed by atoms with Gasteiger partial charge in [-0.25, -0.2) is 0 Å². The maximum atomic E-state index is 12.4. The summed E-state index contributed by atoms with van der Waals surface area (Å²) in [5, 5.41) is 3.58. The SMILES string of the molecule is CO/N=C\[C@@H]1C(=O)C[C@H]2c3ccccc3CCN2C1=O. The van der Waals surface area contributed by atoms with E-state index in [1.807, 2.05) is 18.2 Å². The molecular formula is C15H16N2O3. The fraction of sp³-hybridized carbons (Fsp3) is 0.400. The molecule has 0 radical (unpaired) electrons. The lowest BCUT2D eigenvalue weighted by atomic mass is 9.82. The highest BCUT2D eigenvalue weighted by molar-refractivity contribution is 6.15. The van der Waals surface area contributed by atoms with E-state index in [9.17, 15) is 9.59 Å². The summed E-state index contributed by atoms with van der Waals surface area (Å²) in [5.74, 6) is -1.05. The molecule has 1 saturated heterocycles. The van der Waals surface area contributed by atoms with Gasteiger partial charge in [0.1, 0.15) is 13.0 Å². The van der Waals surface area contributed by atoms with Gasteiger partial charge in [-0.3, -0.25) is 9.59 Å². The second-order valence-corrected chi connectivity index (χ2v) is 5.08. The second kappa shape index (κ2) is 5.07. The molecule has 1 aromatic carbocycles. The summed E-state index contributed by atoms with van der Waals surface area (Å²) in [7, 11) is 1.40. The number of benzene rings is 1. The van der Waals surface area contributed by atoms with Crippen molar-refractivity contribution < 1.29 is 14.4 Å². The van der Waals surface area contributed by atoms with Gasteiger partial charge in [-0.05, 0) is 17.5 Å². The van der Waals surface area contributed by atoms with Crippen LogP contribution in [-0.4, -0.2) is 36.5 Å². The molecule has 2 atom stereocenters. The van der Waals surface area contributed by atoms with Crippen LogP contribution in [0.15, 0.2) is 29.4 Å².